The van der Waals surface area contributed by atoms with Gasteiger partial charge in [0.05, 0.1) is 19.3 Å². The second-order valence-electron chi connectivity index (χ2n) is 6.36. The third-order valence-electron chi connectivity index (χ3n) is 4.54. The van der Waals surface area contributed by atoms with E-state index in [1.807, 2.05) is 31.2 Å². The maximum absolute atomic E-state index is 12.1. The number of carbonyl (C=O) groups is 1. The number of rotatable bonds is 8. The first-order chi connectivity index (χ1) is 11.6. The second kappa shape index (κ2) is 9.64. The zero-order chi connectivity index (χ0) is 17.4. The Morgan fingerprint density at radius 2 is 1.83 bits per heavy atom. The number of hydrogen-bond donors (Lipinski definition) is 1. The summed E-state index contributed by atoms with van der Waals surface area (Å²) in [7, 11) is 3.29. The molecule has 1 aromatic rings. The molecule has 0 radical (unpaired) electrons. The van der Waals surface area contributed by atoms with E-state index in [0.29, 0.717) is 0 Å². The van der Waals surface area contributed by atoms with Crippen molar-refractivity contribution in [3.63, 3.8) is 0 Å². The highest BCUT2D eigenvalue weighted by Gasteiger charge is 2.22. The number of amides is 1. The van der Waals surface area contributed by atoms with Crippen molar-refractivity contribution in [3.8, 4) is 5.75 Å². The molecular weight excluding hydrogens is 306 g/mol. The summed E-state index contributed by atoms with van der Waals surface area (Å²) in [6, 6.07) is 7.54. The predicted molar refractivity (Wildman–Crippen MR) is 93.2 cm³/mol. The summed E-state index contributed by atoms with van der Waals surface area (Å²) in [4.78, 5) is 12.1. The zero-order valence-corrected chi connectivity index (χ0v) is 14.9. The minimum atomic E-state index is -0.213. The largest absolute Gasteiger partial charge is 0.497 e. The van der Waals surface area contributed by atoms with Crippen molar-refractivity contribution < 1.29 is 19.0 Å². The lowest BCUT2D eigenvalue weighted by atomic mass is 9.98. The summed E-state index contributed by atoms with van der Waals surface area (Å²) < 4.78 is 16.5. The summed E-state index contributed by atoms with van der Waals surface area (Å²) in [6.07, 6.45) is 5.83. The van der Waals surface area contributed by atoms with Gasteiger partial charge in [0.2, 0.25) is 5.91 Å². The normalized spacial score (nSPS) is 18.0. The van der Waals surface area contributed by atoms with Crippen molar-refractivity contribution in [2.45, 2.75) is 57.3 Å². The lowest BCUT2D eigenvalue weighted by molar-refractivity contribution is -0.130. The van der Waals surface area contributed by atoms with Crippen LogP contribution in [0, 0.1) is 0 Å². The van der Waals surface area contributed by atoms with Crippen LogP contribution in [0.15, 0.2) is 24.3 Å². The van der Waals surface area contributed by atoms with Crippen molar-refractivity contribution in [2.75, 3.05) is 20.8 Å². The Hall–Kier alpha value is -1.59. The van der Waals surface area contributed by atoms with Crippen molar-refractivity contribution in [2.24, 2.45) is 0 Å². The molecule has 0 aromatic heterocycles. The quantitative estimate of drug-likeness (QED) is 0.792. The van der Waals surface area contributed by atoms with Crippen LogP contribution in [0.4, 0.5) is 0 Å². The Morgan fingerprint density at radius 1 is 1.17 bits per heavy atom. The van der Waals surface area contributed by atoms with Gasteiger partial charge in [0, 0.05) is 7.11 Å². The molecule has 1 N–H and O–H groups in total. The summed E-state index contributed by atoms with van der Waals surface area (Å²) in [6.45, 7) is 2.06. The molecule has 2 atom stereocenters. The van der Waals surface area contributed by atoms with E-state index < -0.39 is 0 Å². The molecule has 24 heavy (non-hydrogen) atoms. The van der Waals surface area contributed by atoms with Crippen LogP contribution in [-0.4, -0.2) is 38.9 Å². The monoisotopic (exact) mass is 335 g/mol. The number of benzene rings is 1. The van der Waals surface area contributed by atoms with E-state index in [-0.39, 0.29) is 30.8 Å². The topological polar surface area (TPSA) is 56.8 Å². The number of hydrogen-bond acceptors (Lipinski definition) is 4. The van der Waals surface area contributed by atoms with Crippen LogP contribution in [0.5, 0.6) is 5.75 Å². The van der Waals surface area contributed by atoms with E-state index >= 15 is 0 Å². The standard InChI is InChI=1S/C19H29NO4/c1-14(19(23-3)15-9-11-16(22-2)12-10-15)20-18(21)13-24-17-7-5-4-6-8-17/h9-12,14,17,19H,4-8,13H2,1-3H3,(H,20,21). The maximum Gasteiger partial charge on any atom is 0.246 e. The van der Waals surface area contributed by atoms with E-state index in [1.165, 1.54) is 19.3 Å². The average Bonchev–Trinajstić information content (AvgIpc) is 2.62. The molecule has 2 unspecified atom stereocenters. The molecule has 5 nitrogen and oxygen atoms in total. The minimum Gasteiger partial charge on any atom is -0.497 e. The summed E-state index contributed by atoms with van der Waals surface area (Å²) in [5, 5.41) is 2.98. The molecule has 2 rings (SSSR count). The molecule has 0 aliphatic heterocycles. The first kappa shape index (κ1) is 18.7. The molecule has 5 heteroatoms. The van der Waals surface area contributed by atoms with Crippen molar-refractivity contribution in [3.05, 3.63) is 29.8 Å². The highest BCUT2D eigenvalue weighted by molar-refractivity contribution is 5.77. The van der Waals surface area contributed by atoms with Crippen molar-refractivity contribution in [1.29, 1.82) is 0 Å². The highest BCUT2D eigenvalue weighted by Crippen LogP contribution is 2.23. The van der Waals surface area contributed by atoms with Crippen LogP contribution < -0.4 is 10.1 Å². The van der Waals surface area contributed by atoms with Gasteiger partial charge < -0.3 is 19.5 Å². The molecule has 1 aliphatic carbocycles. The van der Waals surface area contributed by atoms with E-state index in [2.05, 4.69) is 5.32 Å². The molecule has 0 heterocycles. The van der Waals surface area contributed by atoms with Crippen LogP contribution in [0.25, 0.3) is 0 Å². The van der Waals surface area contributed by atoms with Crippen LogP contribution in [0.3, 0.4) is 0 Å². The van der Waals surface area contributed by atoms with Gasteiger partial charge in [-0.25, -0.2) is 0 Å². The number of ether oxygens (including phenoxy) is 3. The Labute approximate surface area is 144 Å². The SMILES string of the molecule is COc1ccc(C(OC)C(C)NC(=O)COC2CCCCC2)cc1. The van der Waals surface area contributed by atoms with Crippen molar-refractivity contribution in [1.82, 2.24) is 5.32 Å². The lowest BCUT2D eigenvalue weighted by Gasteiger charge is -2.25. The molecule has 0 spiro atoms. The van der Waals surface area contributed by atoms with Gasteiger partial charge in [-0.1, -0.05) is 31.4 Å². The van der Waals surface area contributed by atoms with Crippen LogP contribution in [0.1, 0.15) is 50.7 Å². The molecule has 1 aliphatic rings. The molecule has 134 valence electrons. The minimum absolute atomic E-state index is 0.0939. The van der Waals surface area contributed by atoms with E-state index in [4.69, 9.17) is 14.2 Å². The summed E-state index contributed by atoms with van der Waals surface area (Å²) >= 11 is 0. The van der Waals surface area contributed by atoms with Gasteiger partial charge >= 0.3 is 0 Å². The summed E-state index contributed by atoms with van der Waals surface area (Å²) in [5.74, 6) is 0.704. The average molecular weight is 335 g/mol. The molecule has 1 aromatic carbocycles. The predicted octanol–water partition coefficient (Wildman–Crippen LogP) is 3.24. The van der Waals surface area contributed by atoms with Gasteiger partial charge in [-0.2, -0.15) is 0 Å². The fraction of sp³-hybridized carbons (Fsp3) is 0.632. The fourth-order valence-electron chi connectivity index (χ4n) is 3.22. The molecule has 1 amide bonds. The Kier molecular flexibility index (Phi) is 7.53. The first-order valence-corrected chi connectivity index (χ1v) is 8.71. The second-order valence-corrected chi connectivity index (χ2v) is 6.36. The van der Waals surface area contributed by atoms with Gasteiger partial charge in [-0.05, 0) is 37.5 Å². The fourth-order valence-corrected chi connectivity index (χ4v) is 3.22. The molecular formula is C19H29NO4. The third kappa shape index (κ3) is 5.49. The van der Waals surface area contributed by atoms with Gasteiger partial charge in [-0.15, -0.1) is 0 Å². The number of methoxy groups -OCH3 is 2. The van der Waals surface area contributed by atoms with Gasteiger partial charge in [-0.3, -0.25) is 4.79 Å². The Morgan fingerprint density at radius 3 is 2.42 bits per heavy atom. The maximum atomic E-state index is 12.1. The smallest absolute Gasteiger partial charge is 0.246 e. The lowest BCUT2D eigenvalue weighted by Crippen LogP contribution is -2.40. The van der Waals surface area contributed by atoms with E-state index in [0.717, 1.165) is 24.2 Å². The summed E-state index contributed by atoms with van der Waals surface area (Å²) in [5.41, 5.74) is 0.999. The van der Waals surface area contributed by atoms with Crippen molar-refractivity contribution >= 4 is 5.91 Å². The van der Waals surface area contributed by atoms with Crippen LogP contribution in [-0.2, 0) is 14.3 Å². The van der Waals surface area contributed by atoms with Gasteiger partial charge in [0.15, 0.2) is 0 Å². The molecule has 1 fully saturated rings. The highest BCUT2D eigenvalue weighted by atomic mass is 16.5. The third-order valence-corrected chi connectivity index (χ3v) is 4.54. The number of carbonyl (C=O) groups excluding carboxylic acids is 1. The Balaban J connectivity index is 1.83. The van der Waals surface area contributed by atoms with E-state index in [1.54, 1.807) is 14.2 Å². The Bertz CT molecular complexity index is 497. The molecule has 0 saturated heterocycles. The van der Waals surface area contributed by atoms with Crippen LogP contribution >= 0.6 is 0 Å². The molecule has 1 saturated carbocycles. The van der Waals surface area contributed by atoms with Crippen LogP contribution in [0.2, 0.25) is 0 Å². The first-order valence-electron chi connectivity index (χ1n) is 8.71. The zero-order valence-electron chi connectivity index (χ0n) is 14.9. The molecule has 0 bridgehead atoms. The van der Waals surface area contributed by atoms with E-state index in [9.17, 15) is 4.79 Å². The van der Waals surface area contributed by atoms with Gasteiger partial charge in [0.1, 0.15) is 18.5 Å². The van der Waals surface area contributed by atoms with Gasteiger partial charge in [0.25, 0.3) is 0 Å². The number of nitrogens with one attached hydrogen (secondary N) is 1.